The summed E-state index contributed by atoms with van der Waals surface area (Å²) in [5, 5.41) is 0. The first-order valence-corrected chi connectivity index (χ1v) is 7.37. The van der Waals surface area contributed by atoms with E-state index in [0.717, 1.165) is 5.56 Å². The van der Waals surface area contributed by atoms with Crippen molar-refractivity contribution in [2.75, 3.05) is 0 Å². The molecular formula is C18H16O6. The summed E-state index contributed by atoms with van der Waals surface area (Å²) in [7, 11) is 0. The topological polar surface area (TPSA) is 71.1 Å². The minimum atomic E-state index is -0.844. The molecular weight excluding hydrogens is 312 g/mol. The Balaban J connectivity index is 1.72. The van der Waals surface area contributed by atoms with E-state index >= 15 is 0 Å². The molecule has 0 aliphatic carbocycles. The lowest BCUT2D eigenvalue weighted by Crippen LogP contribution is -2.19. The van der Waals surface area contributed by atoms with Gasteiger partial charge in [0.05, 0.1) is 5.56 Å². The van der Waals surface area contributed by atoms with Crippen molar-refractivity contribution in [2.24, 2.45) is 0 Å². The maximum absolute atomic E-state index is 12.3. The van der Waals surface area contributed by atoms with Crippen LogP contribution in [0.15, 0.2) is 42.5 Å². The van der Waals surface area contributed by atoms with Crippen molar-refractivity contribution in [3.05, 3.63) is 59.2 Å². The first-order chi connectivity index (χ1) is 11.4. The van der Waals surface area contributed by atoms with Crippen molar-refractivity contribution in [3.8, 4) is 11.5 Å². The average Bonchev–Trinajstić information content (AvgIpc) is 2.92. The van der Waals surface area contributed by atoms with Crippen molar-refractivity contribution in [3.63, 3.8) is 0 Å². The van der Waals surface area contributed by atoms with Crippen LogP contribution in [0.25, 0.3) is 0 Å². The van der Waals surface area contributed by atoms with Crippen LogP contribution in [0.3, 0.4) is 0 Å². The second-order valence-electron chi connectivity index (χ2n) is 6.36. The Morgan fingerprint density at radius 3 is 2.25 bits per heavy atom. The Bertz CT molecular complexity index is 803. The summed E-state index contributed by atoms with van der Waals surface area (Å²) in [6, 6.07) is 11.6. The number of hydrogen-bond donors (Lipinski definition) is 0. The molecule has 0 spiro atoms. The minimum Gasteiger partial charge on any atom is -0.290 e. The highest BCUT2D eigenvalue weighted by atomic mass is 17.2. The third-order valence-corrected chi connectivity index (χ3v) is 3.55. The summed E-state index contributed by atoms with van der Waals surface area (Å²) in [5.41, 5.74) is 0.989. The highest BCUT2D eigenvalue weighted by Gasteiger charge is 2.26. The van der Waals surface area contributed by atoms with Crippen LogP contribution in [0.1, 0.15) is 47.1 Å². The van der Waals surface area contributed by atoms with Gasteiger partial charge in [-0.1, -0.05) is 39.0 Å². The largest absolute Gasteiger partial charge is 0.390 e. The van der Waals surface area contributed by atoms with Gasteiger partial charge >= 0.3 is 11.9 Å². The van der Waals surface area contributed by atoms with Gasteiger partial charge in [0, 0.05) is 6.07 Å². The van der Waals surface area contributed by atoms with E-state index in [2.05, 4.69) is 4.89 Å². The van der Waals surface area contributed by atoms with Gasteiger partial charge in [0.1, 0.15) is 5.56 Å². The molecule has 1 heterocycles. The zero-order valence-electron chi connectivity index (χ0n) is 13.5. The quantitative estimate of drug-likeness (QED) is 0.619. The Morgan fingerprint density at radius 2 is 1.54 bits per heavy atom. The third kappa shape index (κ3) is 3.03. The fourth-order valence-corrected chi connectivity index (χ4v) is 2.37. The smallest absolute Gasteiger partial charge is 0.290 e. The lowest BCUT2D eigenvalue weighted by atomic mass is 9.84. The van der Waals surface area contributed by atoms with Crippen molar-refractivity contribution >= 4 is 11.9 Å². The van der Waals surface area contributed by atoms with Crippen LogP contribution >= 0.6 is 0 Å². The van der Waals surface area contributed by atoms with Gasteiger partial charge in [-0.15, -0.1) is 0 Å². The molecule has 3 rings (SSSR count). The fraction of sp³-hybridized carbons (Fsp3) is 0.222. The molecule has 124 valence electrons. The second kappa shape index (κ2) is 5.88. The van der Waals surface area contributed by atoms with E-state index in [1.54, 1.807) is 18.2 Å². The van der Waals surface area contributed by atoms with Crippen molar-refractivity contribution in [2.45, 2.75) is 26.2 Å². The second-order valence-corrected chi connectivity index (χ2v) is 6.36. The van der Waals surface area contributed by atoms with Crippen LogP contribution in [0.4, 0.5) is 0 Å². The van der Waals surface area contributed by atoms with Crippen LogP contribution in [-0.4, -0.2) is 11.9 Å². The summed E-state index contributed by atoms with van der Waals surface area (Å²) in [4.78, 5) is 43.3. The Kier molecular flexibility index (Phi) is 3.89. The van der Waals surface area contributed by atoms with Crippen molar-refractivity contribution < 1.29 is 29.1 Å². The maximum atomic E-state index is 12.3. The summed E-state index contributed by atoms with van der Waals surface area (Å²) < 4.78 is 0. The number of hydrogen-bond acceptors (Lipinski definition) is 6. The van der Waals surface area contributed by atoms with Gasteiger partial charge in [0.25, 0.3) is 0 Å². The van der Waals surface area contributed by atoms with E-state index in [1.165, 1.54) is 12.1 Å². The molecule has 0 aromatic heterocycles. The predicted molar refractivity (Wildman–Crippen MR) is 83.7 cm³/mol. The molecule has 1 aliphatic rings. The third-order valence-electron chi connectivity index (χ3n) is 3.55. The first kappa shape index (κ1) is 15.9. The minimum absolute atomic E-state index is 0.105. The van der Waals surface area contributed by atoms with E-state index < -0.39 is 11.9 Å². The molecule has 0 atom stereocenters. The van der Waals surface area contributed by atoms with E-state index in [9.17, 15) is 9.59 Å². The SMILES string of the molecule is CC(C)(C)c1ccccc1C(=O)OOC(=O)c1ccc2cc1OO2. The highest BCUT2D eigenvalue weighted by molar-refractivity contribution is 5.95. The monoisotopic (exact) mass is 328 g/mol. The molecule has 6 heteroatoms. The summed E-state index contributed by atoms with van der Waals surface area (Å²) in [6.45, 7) is 5.93. The standard InChI is InChI=1S/C18H16O6/c1-18(2,3)14-7-5-4-6-12(14)16(19)23-24-17(20)13-9-8-11-10-15(13)22-21-11/h4-10H,1-3H3. The number of rotatable bonds is 2. The molecule has 1 aliphatic heterocycles. The number of benzene rings is 2. The molecule has 6 nitrogen and oxygen atoms in total. The molecule has 0 fully saturated rings. The Morgan fingerprint density at radius 1 is 0.875 bits per heavy atom. The van der Waals surface area contributed by atoms with Crippen LogP contribution in [0.5, 0.6) is 11.5 Å². The molecule has 2 aromatic carbocycles. The van der Waals surface area contributed by atoms with Gasteiger partial charge in [-0.05, 0) is 29.2 Å². The molecule has 2 bridgehead atoms. The summed E-state index contributed by atoms with van der Waals surface area (Å²) in [5.74, 6) is -0.885. The van der Waals surface area contributed by atoms with Gasteiger partial charge in [0.15, 0.2) is 11.5 Å². The fourth-order valence-electron chi connectivity index (χ4n) is 2.37. The molecule has 2 aromatic rings. The normalized spacial score (nSPS) is 12.1. The molecule has 0 amide bonds. The molecule has 0 N–H and O–H groups in total. The van der Waals surface area contributed by atoms with E-state index in [4.69, 9.17) is 14.7 Å². The zero-order chi connectivity index (χ0) is 17.3. The summed E-state index contributed by atoms with van der Waals surface area (Å²) >= 11 is 0. The van der Waals surface area contributed by atoms with Crippen LogP contribution in [0, 0.1) is 0 Å². The molecule has 0 unspecified atom stereocenters. The summed E-state index contributed by atoms with van der Waals surface area (Å²) in [6.07, 6.45) is 0. The maximum Gasteiger partial charge on any atom is 0.390 e. The predicted octanol–water partition coefficient (Wildman–Crippen LogP) is 3.60. The Labute approximate surface area is 138 Å². The van der Waals surface area contributed by atoms with Crippen LogP contribution < -0.4 is 9.78 Å². The van der Waals surface area contributed by atoms with Crippen LogP contribution in [-0.2, 0) is 15.2 Å². The number of fused-ring (bicyclic) bond motifs is 2. The number of carbonyl (C=O) groups excluding carboxylic acids is 2. The first-order valence-electron chi connectivity index (χ1n) is 7.37. The molecule has 24 heavy (non-hydrogen) atoms. The van der Waals surface area contributed by atoms with Gasteiger partial charge in [0.2, 0.25) is 0 Å². The van der Waals surface area contributed by atoms with Crippen LogP contribution in [0.2, 0.25) is 0 Å². The van der Waals surface area contributed by atoms with Gasteiger partial charge in [-0.2, -0.15) is 0 Å². The van der Waals surface area contributed by atoms with Crippen molar-refractivity contribution in [1.29, 1.82) is 0 Å². The van der Waals surface area contributed by atoms with Gasteiger partial charge in [-0.3, -0.25) is 9.78 Å². The molecule has 0 saturated heterocycles. The highest BCUT2D eigenvalue weighted by Crippen LogP contribution is 2.31. The van der Waals surface area contributed by atoms with E-state index in [-0.39, 0.29) is 16.7 Å². The molecule has 0 radical (unpaired) electrons. The Hall–Kier alpha value is -3.02. The van der Waals surface area contributed by atoms with Crippen molar-refractivity contribution in [1.82, 2.24) is 0 Å². The lowest BCUT2D eigenvalue weighted by molar-refractivity contribution is -0.188. The lowest BCUT2D eigenvalue weighted by Gasteiger charge is -2.21. The van der Waals surface area contributed by atoms with E-state index in [0.29, 0.717) is 11.3 Å². The van der Waals surface area contributed by atoms with E-state index in [1.807, 2.05) is 32.9 Å². The van der Waals surface area contributed by atoms with Gasteiger partial charge in [-0.25, -0.2) is 19.4 Å². The average molecular weight is 328 g/mol. The van der Waals surface area contributed by atoms with Gasteiger partial charge < -0.3 is 0 Å². The molecule has 0 saturated carbocycles. The number of carbonyl (C=O) groups is 2. The zero-order valence-corrected chi connectivity index (χ0v) is 13.5.